The third-order valence-corrected chi connectivity index (χ3v) is 4.19. The number of carbonyl (C=O) groups excluding carboxylic acids is 1. The lowest BCUT2D eigenvalue weighted by Gasteiger charge is -2.25. The van der Waals surface area contributed by atoms with Crippen LogP contribution in [0.4, 0.5) is 5.82 Å². The van der Waals surface area contributed by atoms with Crippen LogP contribution in [0.5, 0.6) is 0 Å². The zero-order valence-corrected chi connectivity index (χ0v) is 14.1. The molecule has 0 atom stereocenters. The van der Waals surface area contributed by atoms with Crippen LogP contribution in [0, 0.1) is 0 Å². The number of benzene rings is 1. The molecule has 4 rings (SSSR count). The number of aromatic nitrogens is 4. The van der Waals surface area contributed by atoms with Crippen LogP contribution in [0.2, 0.25) is 0 Å². The van der Waals surface area contributed by atoms with Gasteiger partial charge in [-0.15, -0.1) is 10.2 Å². The number of fused-ring (bicyclic) bond motifs is 1. The van der Waals surface area contributed by atoms with Crippen molar-refractivity contribution in [3.05, 3.63) is 42.6 Å². The van der Waals surface area contributed by atoms with Crippen LogP contribution >= 0.6 is 0 Å². The monoisotopic (exact) mass is 350 g/mol. The Morgan fingerprint density at radius 3 is 2.81 bits per heavy atom. The molecule has 8 nitrogen and oxygen atoms in total. The van der Waals surface area contributed by atoms with Crippen LogP contribution in [0.3, 0.4) is 0 Å². The van der Waals surface area contributed by atoms with Gasteiger partial charge in [0, 0.05) is 30.2 Å². The van der Waals surface area contributed by atoms with Crippen LogP contribution < -0.4 is 5.32 Å². The van der Waals surface area contributed by atoms with E-state index in [2.05, 4.69) is 30.6 Å². The van der Waals surface area contributed by atoms with Crippen LogP contribution in [0.15, 0.2) is 42.6 Å². The predicted molar refractivity (Wildman–Crippen MR) is 96.5 cm³/mol. The quantitative estimate of drug-likeness (QED) is 0.759. The van der Waals surface area contributed by atoms with Crippen molar-refractivity contribution in [1.29, 1.82) is 0 Å². The van der Waals surface area contributed by atoms with Crippen LogP contribution in [0.1, 0.15) is 0 Å². The first kappa shape index (κ1) is 16.5. The molecule has 0 saturated carbocycles. The molecule has 0 radical (unpaired) electrons. The first-order chi connectivity index (χ1) is 12.8. The maximum atomic E-state index is 12.2. The number of ether oxygens (including phenoxy) is 1. The molecule has 1 amide bonds. The van der Waals surface area contributed by atoms with Gasteiger partial charge in [-0.3, -0.25) is 9.69 Å². The average molecular weight is 350 g/mol. The summed E-state index contributed by atoms with van der Waals surface area (Å²) >= 11 is 0. The van der Waals surface area contributed by atoms with Gasteiger partial charge in [0.25, 0.3) is 0 Å². The Morgan fingerprint density at radius 2 is 2.00 bits per heavy atom. The number of rotatable bonds is 4. The second kappa shape index (κ2) is 7.51. The molecule has 8 heteroatoms. The average Bonchev–Trinajstić information content (AvgIpc) is 2.69. The Bertz CT molecular complexity index is 912. The molecule has 1 aliphatic rings. The summed E-state index contributed by atoms with van der Waals surface area (Å²) in [5, 5.41) is 20.0. The normalized spacial score (nSPS) is 15.1. The van der Waals surface area contributed by atoms with Crippen LogP contribution in [0.25, 0.3) is 22.2 Å². The van der Waals surface area contributed by atoms with Gasteiger partial charge in [-0.1, -0.05) is 6.07 Å². The van der Waals surface area contributed by atoms with E-state index in [0.29, 0.717) is 25.6 Å². The fourth-order valence-corrected chi connectivity index (χ4v) is 2.87. The summed E-state index contributed by atoms with van der Waals surface area (Å²) < 4.78 is 5.29. The van der Waals surface area contributed by atoms with Crippen LogP contribution in [-0.4, -0.2) is 64.0 Å². The summed E-state index contributed by atoms with van der Waals surface area (Å²) in [6.45, 7) is 3.17. The van der Waals surface area contributed by atoms with Gasteiger partial charge in [-0.05, 0) is 30.3 Å². The molecular formula is C18H18N6O2. The van der Waals surface area contributed by atoms with Crippen molar-refractivity contribution < 1.29 is 9.53 Å². The van der Waals surface area contributed by atoms with Crippen molar-refractivity contribution in [2.24, 2.45) is 0 Å². The summed E-state index contributed by atoms with van der Waals surface area (Å²) in [6.07, 6.45) is 1.64. The van der Waals surface area contributed by atoms with E-state index in [-0.39, 0.29) is 5.91 Å². The summed E-state index contributed by atoms with van der Waals surface area (Å²) in [5.41, 5.74) is 2.47. The molecule has 1 saturated heterocycles. The van der Waals surface area contributed by atoms with Crippen molar-refractivity contribution in [3.8, 4) is 11.3 Å². The fourth-order valence-electron chi connectivity index (χ4n) is 2.87. The number of nitrogens with zero attached hydrogens (tertiary/aromatic N) is 5. The number of anilines is 1. The molecular weight excluding hydrogens is 332 g/mol. The number of carbonyl (C=O) groups is 1. The topological polar surface area (TPSA) is 93.1 Å². The molecule has 26 heavy (non-hydrogen) atoms. The molecule has 1 fully saturated rings. The summed E-state index contributed by atoms with van der Waals surface area (Å²) in [4.78, 5) is 14.3. The van der Waals surface area contributed by atoms with Gasteiger partial charge < -0.3 is 10.1 Å². The summed E-state index contributed by atoms with van der Waals surface area (Å²) in [7, 11) is 0. The van der Waals surface area contributed by atoms with E-state index in [4.69, 9.17) is 4.74 Å². The Hall–Kier alpha value is -2.97. The Kier molecular flexibility index (Phi) is 4.76. The minimum Gasteiger partial charge on any atom is -0.379 e. The maximum absolute atomic E-state index is 12.2. The largest absolute Gasteiger partial charge is 0.379 e. The lowest BCUT2D eigenvalue weighted by molar-refractivity contribution is -0.118. The van der Waals surface area contributed by atoms with E-state index in [1.54, 1.807) is 6.20 Å². The van der Waals surface area contributed by atoms with Crippen molar-refractivity contribution in [3.63, 3.8) is 0 Å². The lowest BCUT2D eigenvalue weighted by atomic mass is 10.1. The molecule has 3 heterocycles. The number of nitrogens with one attached hydrogen (secondary N) is 1. The summed E-state index contributed by atoms with van der Waals surface area (Å²) in [6, 6.07) is 11.3. The highest BCUT2D eigenvalue weighted by Gasteiger charge is 2.15. The summed E-state index contributed by atoms with van der Waals surface area (Å²) in [5.74, 6) is 0.331. The van der Waals surface area contributed by atoms with Gasteiger partial charge in [0.15, 0.2) is 5.82 Å². The minimum atomic E-state index is -0.106. The van der Waals surface area contributed by atoms with Crippen molar-refractivity contribution in [1.82, 2.24) is 25.3 Å². The highest BCUT2D eigenvalue weighted by atomic mass is 16.5. The third-order valence-electron chi connectivity index (χ3n) is 4.19. The molecule has 0 spiro atoms. The highest BCUT2D eigenvalue weighted by molar-refractivity contribution is 5.93. The van der Waals surface area contributed by atoms with Gasteiger partial charge in [0.2, 0.25) is 5.91 Å². The van der Waals surface area contributed by atoms with Crippen LogP contribution in [-0.2, 0) is 9.53 Å². The fraction of sp³-hybridized carbons (Fsp3) is 0.278. The molecule has 132 valence electrons. The molecule has 2 aromatic heterocycles. The number of morpholine rings is 1. The van der Waals surface area contributed by atoms with Gasteiger partial charge in [-0.2, -0.15) is 10.2 Å². The SMILES string of the molecule is O=C(CN1CCOCC1)Nc1cc2cc(-c3cccnn3)ccc2nn1. The second-order valence-corrected chi connectivity index (χ2v) is 6.05. The lowest BCUT2D eigenvalue weighted by Crippen LogP contribution is -2.41. The van der Waals surface area contributed by atoms with E-state index in [0.717, 1.165) is 35.2 Å². The zero-order valence-electron chi connectivity index (χ0n) is 14.1. The molecule has 0 unspecified atom stereocenters. The number of amides is 1. The molecule has 1 N–H and O–H groups in total. The molecule has 1 aromatic carbocycles. The van der Waals surface area contributed by atoms with Crippen molar-refractivity contribution in [2.75, 3.05) is 38.2 Å². The van der Waals surface area contributed by atoms with Gasteiger partial charge in [0.1, 0.15) is 0 Å². The first-order valence-corrected chi connectivity index (χ1v) is 8.43. The predicted octanol–water partition coefficient (Wildman–Crippen LogP) is 1.36. The minimum absolute atomic E-state index is 0.106. The van der Waals surface area contributed by atoms with Crippen molar-refractivity contribution in [2.45, 2.75) is 0 Å². The second-order valence-electron chi connectivity index (χ2n) is 6.05. The highest BCUT2D eigenvalue weighted by Crippen LogP contribution is 2.22. The van der Waals surface area contributed by atoms with Gasteiger partial charge in [-0.25, -0.2) is 0 Å². The molecule has 0 bridgehead atoms. The Morgan fingerprint density at radius 1 is 1.12 bits per heavy atom. The van der Waals surface area contributed by atoms with E-state index in [1.165, 1.54) is 0 Å². The molecule has 0 aliphatic carbocycles. The smallest absolute Gasteiger partial charge is 0.239 e. The maximum Gasteiger partial charge on any atom is 0.239 e. The molecule has 3 aromatic rings. The Balaban J connectivity index is 1.51. The number of hydrogen-bond acceptors (Lipinski definition) is 7. The van der Waals surface area contributed by atoms with E-state index in [9.17, 15) is 4.79 Å². The zero-order chi connectivity index (χ0) is 17.8. The standard InChI is InChI=1S/C18H18N6O2/c25-18(12-24-6-8-26-9-7-24)20-17-11-14-10-13(3-4-16(14)22-23-17)15-2-1-5-19-21-15/h1-5,10-11H,6-9,12H2,(H,20,23,25). The number of hydrogen-bond donors (Lipinski definition) is 1. The van der Waals surface area contributed by atoms with E-state index in [1.807, 2.05) is 36.4 Å². The third kappa shape index (κ3) is 3.81. The van der Waals surface area contributed by atoms with Gasteiger partial charge in [0.05, 0.1) is 31.0 Å². The van der Waals surface area contributed by atoms with Gasteiger partial charge >= 0.3 is 0 Å². The first-order valence-electron chi connectivity index (χ1n) is 8.43. The van der Waals surface area contributed by atoms with Crippen molar-refractivity contribution >= 4 is 22.6 Å². The molecule has 1 aliphatic heterocycles. The van der Waals surface area contributed by atoms with E-state index < -0.39 is 0 Å². The van der Waals surface area contributed by atoms with E-state index >= 15 is 0 Å². The Labute approximate surface area is 150 Å².